The SMILES string of the molecule is NC(=O)OS(=O)(=O)c1ccc(-c2nnn(Cc3ccc(F)cn3)n2)cc1. The first-order valence-corrected chi connectivity index (χ1v) is 8.47. The Bertz CT molecular complexity index is 1030. The average Bonchev–Trinajstić information content (AvgIpc) is 3.04. The molecule has 3 rings (SSSR count). The van der Waals surface area contributed by atoms with E-state index in [9.17, 15) is 17.6 Å². The number of amides is 1. The molecule has 0 spiro atoms. The number of benzene rings is 1. The van der Waals surface area contributed by atoms with Gasteiger partial charge in [-0.1, -0.05) is 0 Å². The fourth-order valence-electron chi connectivity index (χ4n) is 2.00. The van der Waals surface area contributed by atoms with Crippen molar-refractivity contribution >= 4 is 16.2 Å². The van der Waals surface area contributed by atoms with E-state index < -0.39 is 22.0 Å². The number of rotatable bonds is 5. The summed E-state index contributed by atoms with van der Waals surface area (Å²) in [6.45, 7) is 0.187. The second-order valence-electron chi connectivity index (χ2n) is 4.99. The maximum atomic E-state index is 12.8. The molecule has 26 heavy (non-hydrogen) atoms. The van der Waals surface area contributed by atoms with Crippen molar-refractivity contribution < 1.29 is 21.8 Å². The molecule has 0 saturated carbocycles. The Labute approximate surface area is 146 Å². The molecule has 0 radical (unpaired) electrons. The van der Waals surface area contributed by atoms with Gasteiger partial charge >= 0.3 is 16.2 Å². The highest BCUT2D eigenvalue weighted by Gasteiger charge is 2.19. The van der Waals surface area contributed by atoms with Gasteiger partial charge in [0, 0.05) is 5.56 Å². The van der Waals surface area contributed by atoms with Crippen molar-refractivity contribution in [2.45, 2.75) is 11.4 Å². The molecule has 3 aromatic rings. The van der Waals surface area contributed by atoms with E-state index in [0.717, 1.165) is 6.20 Å². The van der Waals surface area contributed by atoms with E-state index in [1.807, 2.05) is 0 Å². The molecule has 0 saturated heterocycles. The molecule has 0 fully saturated rings. The lowest BCUT2D eigenvalue weighted by Gasteiger charge is -2.03. The summed E-state index contributed by atoms with van der Waals surface area (Å²) in [7, 11) is -4.27. The minimum atomic E-state index is -4.27. The van der Waals surface area contributed by atoms with Gasteiger partial charge in [-0.2, -0.15) is 13.2 Å². The Morgan fingerprint density at radius 3 is 2.54 bits per heavy atom. The lowest BCUT2D eigenvalue weighted by Crippen LogP contribution is -2.18. The highest BCUT2D eigenvalue weighted by molar-refractivity contribution is 7.87. The van der Waals surface area contributed by atoms with E-state index in [1.54, 1.807) is 0 Å². The molecule has 2 N–H and O–H groups in total. The van der Waals surface area contributed by atoms with Crippen molar-refractivity contribution in [3.8, 4) is 11.4 Å². The predicted octanol–water partition coefficient (Wildman–Crippen LogP) is 0.706. The second-order valence-corrected chi connectivity index (χ2v) is 6.54. The Balaban J connectivity index is 1.77. The van der Waals surface area contributed by atoms with E-state index in [0.29, 0.717) is 11.3 Å². The fraction of sp³-hybridized carbons (Fsp3) is 0.0714. The number of carbonyl (C=O) groups is 1. The molecular formula is C14H11FN6O4S. The molecule has 0 unspecified atom stereocenters. The summed E-state index contributed by atoms with van der Waals surface area (Å²) in [5, 5.41) is 11.9. The summed E-state index contributed by atoms with van der Waals surface area (Å²) in [6, 6.07) is 8.05. The third kappa shape index (κ3) is 3.97. The molecule has 134 valence electrons. The van der Waals surface area contributed by atoms with Gasteiger partial charge in [-0.05, 0) is 41.6 Å². The summed E-state index contributed by atoms with van der Waals surface area (Å²) in [5.41, 5.74) is 5.74. The van der Waals surface area contributed by atoms with Gasteiger partial charge in [0.2, 0.25) is 5.82 Å². The minimum absolute atomic E-state index is 0.187. The first kappa shape index (κ1) is 17.4. The Morgan fingerprint density at radius 2 is 1.92 bits per heavy atom. The van der Waals surface area contributed by atoms with Crippen LogP contribution < -0.4 is 5.73 Å². The van der Waals surface area contributed by atoms with Crippen LogP contribution in [0.15, 0.2) is 47.5 Å². The van der Waals surface area contributed by atoms with E-state index in [1.165, 1.54) is 41.2 Å². The standard InChI is InChI=1S/C14H11FN6O4S/c15-10-3-4-11(17-7-10)8-21-19-13(18-20-21)9-1-5-12(6-2-9)26(23,24)25-14(16)22/h1-7H,8H2,(H2,16,22). The Hall–Kier alpha value is -3.41. The lowest BCUT2D eigenvalue weighted by molar-refractivity contribution is 0.212. The molecule has 1 aromatic carbocycles. The lowest BCUT2D eigenvalue weighted by atomic mass is 10.2. The van der Waals surface area contributed by atoms with E-state index in [-0.39, 0.29) is 17.3 Å². The van der Waals surface area contributed by atoms with Crippen molar-refractivity contribution in [3.05, 3.63) is 54.1 Å². The third-order valence-electron chi connectivity index (χ3n) is 3.14. The molecular weight excluding hydrogens is 367 g/mol. The van der Waals surface area contributed by atoms with Gasteiger partial charge in [0.1, 0.15) is 17.3 Å². The monoisotopic (exact) mass is 378 g/mol. The van der Waals surface area contributed by atoms with Crippen LogP contribution in [-0.4, -0.2) is 39.7 Å². The number of pyridine rings is 1. The topological polar surface area (TPSA) is 143 Å². The average molecular weight is 378 g/mol. The molecule has 0 aliphatic rings. The molecule has 1 amide bonds. The number of carbonyl (C=O) groups excluding carboxylic acids is 1. The minimum Gasteiger partial charge on any atom is -0.334 e. The maximum Gasteiger partial charge on any atom is 0.420 e. The molecule has 12 heteroatoms. The van der Waals surface area contributed by atoms with E-state index in [2.05, 4.69) is 24.6 Å². The predicted molar refractivity (Wildman–Crippen MR) is 84.4 cm³/mol. The second kappa shape index (κ2) is 6.84. The zero-order valence-corrected chi connectivity index (χ0v) is 13.8. The summed E-state index contributed by atoms with van der Waals surface area (Å²) in [4.78, 5) is 15.5. The van der Waals surface area contributed by atoms with Crippen LogP contribution in [0.5, 0.6) is 0 Å². The van der Waals surface area contributed by atoms with Gasteiger partial charge in [-0.25, -0.2) is 9.18 Å². The van der Waals surface area contributed by atoms with Gasteiger partial charge in [0.15, 0.2) is 0 Å². The number of primary amides is 1. The van der Waals surface area contributed by atoms with Crippen LogP contribution in [0.1, 0.15) is 5.69 Å². The van der Waals surface area contributed by atoms with Crippen molar-refractivity contribution in [1.82, 2.24) is 25.2 Å². The number of hydrogen-bond acceptors (Lipinski definition) is 8. The molecule has 0 aliphatic heterocycles. The molecule has 0 aliphatic carbocycles. The molecule has 2 aromatic heterocycles. The van der Waals surface area contributed by atoms with Gasteiger partial charge in [0.05, 0.1) is 11.9 Å². The van der Waals surface area contributed by atoms with Gasteiger partial charge < -0.3 is 9.92 Å². The molecule has 10 nitrogen and oxygen atoms in total. The van der Waals surface area contributed by atoms with E-state index in [4.69, 9.17) is 5.73 Å². The van der Waals surface area contributed by atoms with Crippen LogP contribution >= 0.6 is 0 Å². The summed E-state index contributed by atoms with van der Waals surface area (Å²) in [6.07, 6.45) is -0.339. The fourth-order valence-corrected chi connectivity index (χ4v) is 2.78. The van der Waals surface area contributed by atoms with Crippen molar-refractivity contribution in [1.29, 1.82) is 0 Å². The normalized spacial score (nSPS) is 11.3. The zero-order chi connectivity index (χ0) is 18.7. The Kier molecular flexibility index (Phi) is 4.58. The van der Waals surface area contributed by atoms with Crippen molar-refractivity contribution in [2.75, 3.05) is 0 Å². The first-order valence-electron chi connectivity index (χ1n) is 7.06. The highest BCUT2D eigenvalue weighted by atomic mass is 32.2. The van der Waals surface area contributed by atoms with Crippen LogP contribution in [0.3, 0.4) is 0 Å². The first-order chi connectivity index (χ1) is 12.3. The number of hydrogen-bond donors (Lipinski definition) is 1. The molecule has 2 heterocycles. The maximum absolute atomic E-state index is 12.8. The van der Waals surface area contributed by atoms with Crippen molar-refractivity contribution in [2.24, 2.45) is 5.73 Å². The highest BCUT2D eigenvalue weighted by Crippen LogP contribution is 2.19. The number of tetrazole rings is 1. The van der Waals surface area contributed by atoms with Crippen LogP contribution in [0.25, 0.3) is 11.4 Å². The number of nitrogens with zero attached hydrogens (tertiary/aromatic N) is 5. The number of halogens is 1. The van der Waals surface area contributed by atoms with Crippen molar-refractivity contribution in [3.63, 3.8) is 0 Å². The van der Waals surface area contributed by atoms with E-state index >= 15 is 0 Å². The largest absolute Gasteiger partial charge is 0.420 e. The van der Waals surface area contributed by atoms with Crippen LogP contribution in [0.2, 0.25) is 0 Å². The third-order valence-corrected chi connectivity index (χ3v) is 4.37. The van der Waals surface area contributed by atoms with Crippen LogP contribution in [0.4, 0.5) is 9.18 Å². The molecule has 0 bridgehead atoms. The number of aromatic nitrogens is 5. The summed E-state index contributed by atoms with van der Waals surface area (Å²) < 4.78 is 40.4. The zero-order valence-electron chi connectivity index (χ0n) is 13.0. The van der Waals surface area contributed by atoms with Gasteiger partial charge in [-0.15, -0.1) is 10.2 Å². The van der Waals surface area contributed by atoms with Crippen LogP contribution in [-0.2, 0) is 20.8 Å². The van der Waals surface area contributed by atoms with Gasteiger partial charge in [-0.3, -0.25) is 4.98 Å². The Morgan fingerprint density at radius 1 is 1.19 bits per heavy atom. The molecule has 0 atom stereocenters. The summed E-state index contributed by atoms with van der Waals surface area (Å²) in [5.74, 6) is -0.205. The summed E-state index contributed by atoms with van der Waals surface area (Å²) >= 11 is 0. The quantitative estimate of drug-likeness (QED) is 0.639. The number of nitrogens with two attached hydrogens (primary N) is 1. The smallest absolute Gasteiger partial charge is 0.334 e. The van der Waals surface area contributed by atoms with Gasteiger partial charge in [0.25, 0.3) is 0 Å². The van der Waals surface area contributed by atoms with Crippen LogP contribution in [0, 0.1) is 5.82 Å².